The third-order valence-corrected chi connectivity index (χ3v) is 6.56. The van der Waals surface area contributed by atoms with Crippen molar-refractivity contribution in [3.05, 3.63) is 82.2 Å². The molecule has 6 nitrogen and oxygen atoms in total. The smallest absolute Gasteiger partial charge is 0.277 e. The fraction of sp³-hybridized carbons (Fsp3) is 0.208. The summed E-state index contributed by atoms with van der Waals surface area (Å²) in [4.78, 5) is 33.0. The van der Waals surface area contributed by atoms with Gasteiger partial charge in [-0.2, -0.15) is 0 Å². The largest absolute Gasteiger partial charge is 0.341 e. The first-order valence-electron chi connectivity index (χ1n) is 10.5. The second-order valence-electron chi connectivity index (χ2n) is 7.80. The van der Waals surface area contributed by atoms with Crippen molar-refractivity contribution in [2.45, 2.75) is 12.8 Å². The molecular formula is C24H21FN4O2S. The number of carbonyl (C=O) groups is 1. The monoisotopic (exact) mass is 448 g/mol. The van der Waals surface area contributed by atoms with Crippen LogP contribution in [0, 0.1) is 11.7 Å². The van der Waals surface area contributed by atoms with E-state index in [1.807, 2.05) is 46.7 Å². The van der Waals surface area contributed by atoms with E-state index in [2.05, 4.69) is 5.32 Å². The minimum absolute atomic E-state index is 0.0480. The maximum atomic E-state index is 13.5. The number of hydrogen-bond donors (Lipinski definition) is 1. The van der Waals surface area contributed by atoms with Crippen molar-refractivity contribution in [3.63, 3.8) is 0 Å². The number of piperidine rings is 1. The minimum atomic E-state index is -0.371. The maximum absolute atomic E-state index is 13.5. The highest BCUT2D eigenvalue weighted by Gasteiger charge is 2.29. The van der Waals surface area contributed by atoms with Gasteiger partial charge in [-0.05, 0) is 60.7 Å². The number of carbonyl (C=O) groups excluding carboxylic acids is 1. The number of nitrogens with one attached hydrogen (secondary N) is 1. The molecule has 32 heavy (non-hydrogen) atoms. The Hall–Kier alpha value is -3.52. The fourth-order valence-electron chi connectivity index (χ4n) is 4.07. The van der Waals surface area contributed by atoms with Crippen LogP contribution in [0.4, 0.5) is 16.0 Å². The number of hydrogen-bond acceptors (Lipinski definition) is 5. The van der Waals surface area contributed by atoms with Crippen LogP contribution in [0.3, 0.4) is 0 Å². The predicted molar refractivity (Wildman–Crippen MR) is 125 cm³/mol. The molecule has 0 radical (unpaired) electrons. The van der Waals surface area contributed by atoms with Crippen LogP contribution in [0.5, 0.6) is 0 Å². The van der Waals surface area contributed by atoms with Gasteiger partial charge < -0.3 is 10.2 Å². The van der Waals surface area contributed by atoms with Gasteiger partial charge in [0.05, 0.1) is 17.1 Å². The lowest BCUT2D eigenvalue weighted by Crippen LogP contribution is -2.43. The van der Waals surface area contributed by atoms with Crippen molar-refractivity contribution in [1.29, 1.82) is 0 Å². The van der Waals surface area contributed by atoms with Gasteiger partial charge in [-0.3, -0.25) is 9.59 Å². The molecule has 1 fully saturated rings. The van der Waals surface area contributed by atoms with Gasteiger partial charge in [0, 0.05) is 18.8 Å². The normalized spacial score (nSPS) is 16.3. The summed E-state index contributed by atoms with van der Waals surface area (Å²) in [7, 11) is 0. The number of amides is 1. The lowest BCUT2D eigenvalue weighted by atomic mass is 9.97. The van der Waals surface area contributed by atoms with Gasteiger partial charge in [0.1, 0.15) is 10.5 Å². The minimum Gasteiger partial charge on any atom is -0.341 e. The van der Waals surface area contributed by atoms with Crippen molar-refractivity contribution in [1.82, 2.24) is 9.55 Å². The van der Waals surface area contributed by atoms with Gasteiger partial charge in [-0.1, -0.05) is 18.2 Å². The maximum Gasteiger partial charge on any atom is 0.277 e. The second kappa shape index (κ2) is 8.55. The Morgan fingerprint density at radius 2 is 1.88 bits per heavy atom. The molecule has 0 spiro atoms. The molecule has 1 saturated heterocycles. The van der Waals surface area contributed by atoms with Crippen LogP contribution in [0.25, 0.3) is 15.9 Å². The molecule has 162 valence electrons. The number of halogens is 1. The Morgan fingerprint density at radius 1 is 1.09 bits per heavy atom. The zero-order valence-corrected chi connectivity index (χ0v) is 18.0. The van der Waals surface area contributed by atoms with E-state index in [1.54, 1.807) is 12.1 Å². The quantitative estimate of drug-likeness (QED) is 0.501. The summed E-state index contributed by atoms with van der Waals surface area (Å²) < 4.78 is 15.6. The fourth-order valence-corrected chi connectivity index (χ4v) is 4.83. The number of fused-ring (bicyclic) bond motifs is 1. The van der Waals surface area contributed by atoms with Crippen LogP contribution >= 0.6 is 11.3 Å². The number of aromatic nitrogens is 2. The van der Waals surface area contributed by atoms with E-state index >= 15 is 0 Å². The highest BCUT2D eigenvalue weighted by molar-refractivity contribution is 7.17. The van der Waals surface area contributed by atoms with Crippen LogP contribution in [-0.2, 0) is 4.79 Å². The summed E-state index contributed by atoms with van der Waals surface area (Å²) in [6.07, 6.45) is 1.56. The Morgan fingerprint density at radius 3 is 2.66 bits per heavy atom. The molecule has 0 unspecified atom stereocenters. The number of anilines is 2. The van der Waals surface area contributed by atoms with E-state index in [-0.39, 0.29) is 23.2 Å². The van der Waals surface area contributed by atoms with Crippen LogP contribution in [0.15, 0.2) is 70.8 Å². The molecule has 1 aliphatic rings. The average molecular weight is 449 g/mol. The van der Waals surface area contributed by atoms with Crippen LogP contribution in [0.1, 0.15) is 12.8 Å². The van der Waals surface area contributed by atoms with E-state index in [1.165, 1.54) is 28.0 Å². The summed E-state index contributed by atoms with van der Waals surface area (Å²) in [6.45, 7) is 1.13. The summed E-state index contributed by atoms with van der Waals surface area (Å²) in [5.41, 5.74) is 1.74. The molecule has 2 aromatic heterocycles. The third-order valence-electron chi connectivity index (χ3n) is 5.66. The van der Waals surface area contributed by atoms with Crippen molar-refractivity contribution in [2.75, 3.05) is 23.3 Å². The Balaban J connectivity index is 1.50. The first kappa shape index (κ1) is 20.4. The highest BCUT2D eigenvalue weighted by atomic mass is 32.1. The lowest BCUT2D eigenvalue weighted by molar-refractivity contribution is -0.120. The van der Waals surface area contributed by atoms with E-state index in [9.17, 15) is 14.0 Å². The Bertz CT molecular complexity index is 1320. The molecule has 3 heterocycles. The standard InChI is InChI=1S/C24H21FN4O2S/c25-17-8-10-19(11-9-17)29-23(31)21-20(12-14-32-21)27-24(29)28-13-4-5-16(15-28)22(30)26-18-6-2-1-3-7-18/h1-3,6-12,14,16H,4-5,13,15H2,(H,26,30)/t16-/m0/s1. The van der Waals surface area contributed by atoms with E-state index < -0.39 is 0 Å². The van der Waals surface area contributed by atoms with Gasteiger partial charge in [0.2, 0.25) is 11.9 Å². The van der Waals surface area contributed by atoms with Crippen molar-refractivity contribution >= 4 is 39.1 Å². The molecule has 8 heteroatoms. The number of rotatable bonds is 4. The van der Waals surface area contributed by atoms with Gasteiger partial charge >= 0.3 is 0 Å². The third kappa shape index (κ3) is 3.89. The first-order valence-corrected chi connectivity index (χ1v) is 11.4. The average Bonchev–Trinajstić information content (AvgIpc) is 3.30. The topological polar surface area (TPSA) is 67.2 Å². The molecule has 2 aromatic carbocycles. The van der Waals surface area contributed by atoms with Gasteiger partial charge in [-0.15, -0.1) is 11.3 Å². The number of thiophene rings is 1. The molecule has 5 rings (SSSR count). The van der Waals surface area contributed by atoms with Crippen molar-refractivity contribution in [2.24, 2.45) is 5.92 Å². The van der Waals surface area contributed by atoms with Gasteiger partial charge in [0.25, 0.3) is 5.56 Å². The molecule has 0 saturated carbocycles. The van der Waals surface area contributed by atoms with E-state index in [4.69, 9.17) is 4.98 Å². The zero-order valence-electron chi connectivity index (χ0n) is 17.2. The molecule has 1 aliphatic heterocycles. The number of benzene rings is 2. The van der Waals surface area contributed by atoms with Crippen LogP contribution in [-0.4, -0.2) is 28.5 Å². The number of para-hydroxylation sites is 1. The molecule has 0 bridgehead atoms. The lowest BCUT2D eigenvalue weighted by Gasteiger charge is -2.34. The molecule has 1 atom stereocenters. The molecule has 1 amide bonds. The first-order chi connectivity index (χ1) is 15.6. The molecule has 1 N–H and O–H groups in total. The second-order valence-corrected chi connectivity index (χ2v) is 8.72. The van der Waals surface area contributed by atoms with E-state index in [0.29, 0.717) is 34.9 Å². The molecular weight excluding hydrogens is 427 g/mol. The van der Waals surface area contributed by atoms with Gasteiger partial charge in [-0.25, -0.2) is 13.9 Å². The Labute approximate surface area is 187 Å². The van der Waals surface area contributed by atoms with Gasteiger partial charge in [0.15, 0.2) is 0 Å². The molecule has 4 aromatic rings. The van der Waals surface area contributed by atoms with Crippen molar-refractivity contribution in [3.8, 4) is 5.69 Å². The highest BCUT2D eigenvalue weighted by Crippen LogP contribution is 2.27. The SMILES string of the molecule is O=C(Nc1ccccc1)[C@H]1CCCN(c2nc3ccsc3c(=O)n2-c2ccc(F)cc2)C1. The summed E-state index contributed by atoms with van der Waals surface area (Å²) in [5.74, 6) is -0.178. The van der Waals surface area contributed by atoms with Crippen molar-refractivity contribution < 1.29 is 9.18 Å². The van der Waals surface area contributed by atoms with Crippen LogP contribution < -0.4 is 15.8 Å². The summed E-state index contributed by atoms with van der Waals surface area (Å²) in [6, 6.07) is 17.0. The van der Waals surface area contributed by atoms with E-state index in [0.717, 1.165) is 18.5 Å². The summed E-state index contributed by atoms with van der Waals surface area (Å²) in [5, 5.41) is 4.82. The predicted octanol–water partition coefficient (Wildman–Crippen LogP) is 4.44. The summed E-state index contributed by atoms with van der Waals surface area (Å²) >= 11 is 1.34. The number of nitrogens with zero attached hydrogens (tertiary/aromatic N) is 3. The van der Waals surface area contributed by atoms with Crippen LogP contribution in [0.2, 0.25) is 0 Å². The Kier molecular flexibility index (Phi) is 5.45. The molecule has 0 aliphatic carbocycles. The zero-order chi connectivity index (χ0) is 22.1.